The smallest absolute Gasteiger partial charge is 0.253 e. The molecule has 2 N–H and O–H groups in total. The topological polar surface area (TPSA) is 114 Å². The summed E-state index contributed by atoms with van der Waals surface area (Å²) in [6.07, 6.45) is 6.93. The molecule has 0 saturated carbocycles. The van der Waals surface area contributed by atoms with Crippen LogP contribution in [0.5, 0.6) is 0 Å². The summed E-state index contributed by atoms with van der Waals surface area (Å²) >= 11 is 0. The van der Waals surface area contributed by atoms with Crippen molar-refractivity contribution in [3.63, 3.8) is 0 Å². The van der Waals surface area contributed by atoms with Gasteiger partial charge in [-0.15, -0.1) is 22.6 Å². The second-order valence-electron chi connectivity index (χ2n) is 6.55. The van der Waals surface area contributed by atoms with Gasteiger partial charge in [-0.25, -0.2) is 4.52 Å². The van der Waals surface area contributed by atoms with Gasteiger partial charge in [-0.3, -0.25) is 9.78 Å². The number of pyridine rings is 1. The molecule has 0 atom stereocenters. The van der Waals surface area contributed by atoms with E-state index < -0.39 is 0 Å². The van der Waals surface area contributed by atoms with E-state index >= 15 is 0 Å². The van der Waals surface area contributed by atoms with Crippen LogP contribution < -0.4 is 10.9 Å². The van der Waals surface area contributed by atoms with Gasteiger partial charge in [0.2, 0.25) is 5.89 Å². The highest BCUT2D eigenvalue weighted by atomic mass is 35.5. The van der Waals surface area contributed by atoms with Crippen LogP contribution in [0.4, 0.5) is 0 Å². The van der Waals surface area contributed by atoms with Crippen molar-refractivity contribution in [2.75, 3.05) is 13.1 Å². The van der Waals surface area contributed by atoms with Gasteiger partial charge in [0.15, 0.2) is 0 Å². The zero-order valence-corrected chi connectivity index (χ0v) is 15.6. The van der Waals surface area contributed by atoms with Crippen molar-refractivity contribution in [3.05, 3.63) is 52.8 Å². The lowest BCUT2D eigenvalue weighted by Gasteiger charge is -2.23. The summed E-state index contributed by atoms with van der Waals surface area (Å²) in [4.78, 5) is 19.1. The number of aromatic amines is 1. The molecule has 1 aliphatic rings. The van der Waals surface area contributed by atoms with Gasteiger partial charge in [-0.05, 0) is 38.1 Å². The molecule has 4 aromatic rings. The molecule has 0 radical (unpaired) electrons. The van der Waals surface area contributed by atoms with E-state index in [0.717, 1.165) is 37.2 Å². The number of fused-ring (bicyclic) bond motifs is 1. The first-order chi connectivity index (χ1) is 13.3. The number of hydrogen-bond donors (Lipinski definition) is 2. The fourth-order valence-corrected chi connectivity index (χ4v) is 3.52. The van der Waals surface area contributed by atoms with Crippen LogP contribution >= 0.6 is 12.4 Å². The van der Waals surface area contributed by atoms with Crippen molar-refractivity contribution in [2.24, 2.45) is 0 Å². The van der Waals surface area contributed by atoms with Gasteiger partial charge in [0, 0.05) is 29.9 Å². The molecule has 0 amide bonds. The van der Waals surface area contributed by atoms with Crippen molar-refractivity contribution < 1.29 is 4.42 Å². The van der Waals surface area contributed by atoms with Crippen LogP contribution in [0.3, 0.4) is 0 Å². The molecular weight excluding hydrogens is 382 g/mol. The number of nitrogens with zero attached hydrogens (tertiary/aromatic N) is 5. The Morgan fingerprint density at radius 1 is 1.11 bits per heavy atom. The molecule has 9 nitrogen and oxygen atoms in total. The maximum atomic E-state index is 12.3. The van der Waals surface area contributed by atoms with E-state index in [9.17, 15) is 4.79 Å². The highest BCUT2D eigenvalue weighted by Gasteiger charge is 2.22. The number of nitrogens with one attached hydrogen (secondary N) is 2. The predicted octanol–water partition coefficient (Wildman–Crippen LogP) is 2.02. The molecule has 0 aliphatic carbocycles. The third-order valence-electron chi connectivity index (χ3n) is 4.87. The van der Waals surface area contributed by atoms with E-state index in [1.807, 2.05) is 0 Å². The van der Waals surface area contributed by atoms with Gasteiger partial charge in [-0.2, -0.15) is 5.10 Å². The minimum Gasteiger partial charge on any atom is -0.416 e. The Hall–Kier alpha value is -3.04. The minimum atomic E-state index is -0.161. The SMILES string of the molecule is Cl.O=c1cc(C2CCNCC2)n2ncc(-c3nnc(-c4ccncc4)o3)c2[nH]1. The van der Waals surface area contributed by atoms with Gasteiger partial charge in [0.05, 0.1) is 11.9 Å². The van der Waals surface area contributed by atoms with E-state index in [1.165, 1.54) is 0 Å². The Bertz CT molecular complexity index is 1150. The summed E-state index contributed by atoms with van der Waals surface area (Å²) in [5, 5.41) is 16.1. The van der Waals surface area contributed by atoms with Crippen LogP contribution in [0.1, 0.15) is 24.5 Å². The molecule has 144 valence electrons. The fourth-order valence-electron chi connectivity index (χ4n) is 3.52. The summed E-state index contributed by atoms with van der Waals surface area (Å²) in [6, 6.07) is 5.23. The van der Waals surface area contributed by atoms with Crippen LogP contribution in [0.25, 0.3) is 28.6 Å². The molecule has 0 unspecified atom stereocenters. The first-order valence-corrected chi connectivity index (χ1v) is 8.85. The number of piperidine rings is 1. The molecule has 0 aromatic carbocycles. The molecular formula is C18H18ClN7O2. The van der Waals surface area contributed by atoms with Gasteiger partial charge in [-0.1, -0.05) is 0 Å². The molecule has 5 heterocycles. The van der Waals surface area contributed by atoms with Crippen molar-refractivity contribution in [2.45, 2.75) is 18.8 Å². The summed E-state index contributed by atoms with van der Waals surface area (Å²) in [7, 11) is 0. The molecule has 1 saturated heterocycles. The summed E-state index contributed by atoms with van der Waals surface area (Å²) in [5.74, 6) is 0.998. The monoisotopic (exact) mass is 399 g/mol. The van der Waals surface area contributed by atoms with Crippen LogP contribution in [0.2, 0.25) is 0 Å². The molecule has 1 aliphatic heterocycles. The second kappa shape index (κ2) is 7.53. The summed E-state index contributed by atoms with van der Waals surface area (Å²) in [6.45, 7) is 1.87. The maximum absolute atomic E-state index is 12.3. The average molecular weight is 400 g/mol. The zero-order valence-electron chi connectivity index (χ0n) is 14.8. The maximum Gasteiger partial charge on any atom is 0.253 e. The fraction of sp³-hybridized carbons (Fsp3) is 0.278. The van der Waals surface area contributed by atoms with E-state index in [2.05, 4.69) is 30.6 Å². The van der Waals surface area contributed by atoms with Crippen LogP contribution in [-0.4, -0.2) is 42.9 Å². The number of hydrogen-bond acceptors (Lipinski definition) is 7. The second-order valence-corrected chi connectivity index (χ2v) is 6.55. The molecule has 1 fully saturated rings. The molecule has 5 rings (SSSR count). The Kier molecular flexibility index (Phi) is 4.93. The Morgan fingerprint density at radius 2 is 1.86 bits per heavy atom. The van der Waals surface area contributed by atoms with Gasteiger partial charge >= 0.3 is 0 Å². The third-order valence-corrected chi connectivity index (χ3v) is 4.87. The van der Waals surface area contributed by atoms with E-state index in [-0.39, 0.29) is 18.0 Å². The standard InChI is InChI=1S/C18H17N7O2.ClH/c26-15-9-14(11-1-5-19-6-2-11)25-16(22-15)13(10-21-25)18-24-23-17(27-18)12-3-7-20-8-4-12;/h3-4,7-11,19H,1-2,5-6H2,(H,22,26);1H. The first-order valence-electron chi connectivity index (χ1n) is 8.85. The highest BCUT2D eigenvalue weighted by molar-refractivity contribution is 5.85. The Morgan fingerprint density at radius 3 is 2.64 bits per heavy atom. The number of rotatable bonds is 3. The molecule has 10 heteroatoms. The minimum absolute atomic E-state index is 0. The average Bonchev–Trinajstić information content (AvgIpc) is 3.35. The van der Waals surface area contributed by atoms with Gasteiger partial charge in [0.25, 0.3) is 11.4 Å². The molecule has 0 spiro atoms. The lowest BCUT2D eigenvalue weighted by molar-refractivity contribution is 0.446. The Labute approximate surface area is 165 Å². The van der Waals surface area contributed by atoms with Gasteiger partial charge in [0.1, 0.15) is 11.2 Å². The van der Waals surface area contributed by atoms with Gasteiger partial charge < -0.3 is 14.7 Å². The van der Waals surface area contributed by atoms with Crippen molar-refractivity contribution in [1.29, 1.82) is 0 Å². The first kappa shape index (κ1) is 18.3. The normalized spacial score (nSPS) is 14.9. The molecule has 28 heavy (non-hydrogen) atoms. The third kappa shape index (κ3) is 3.19. The number of H-pyrrole nitrogens is 1. The summed E-state index contributed by atoms with van der Waals surface area (Å²) < 4.78 is 7.59. The van der Waals surface area contributed by atoms with E-state index in [4.69, 9.17) is 4.42 Å². The molecule has 0 bridgehead atoms. The molecule has 4 aromatic heterocycles. The van der Waals surface area contributed by atoms with Crippen molar-refractivity contribution in [3.8, 4) is 22.9 Å². The van der Waals surface area contributed by atoms with Crippen molar-refractivity contribution in [1.82, 2.24) is 35.1 Å². The van der Waals surface area contributed by atoms with Crippen LogP contribution in [0, 0.1) is 0 Å². The predicted molar refractivity (Wildman–Crippen MR) is 104 cm³/mol. The number of aromatic nitrogens is 6. The number of halogens is 1. The largest absolute Gasteiger partial charge is 0.416 e. The quantitative estimate of drug-likeness (QED) is 0.541. The lowest BCUT2D eigenvalue weighted by atomic mass is 9.94. The zero-order chi connectivity index (χ0) is 18.2. The van der Waals surface area contributed by atoms with E-state index in [1.54, 1.807) is 41.3 Å². The summed E-state index contributed by atoms with van der Waals surface area (Å²) in [5.41, 5.74) is 2.71. The lowest BCUT2D eigenvalue weighted by Crippen LogP contribution is -2.28. The van der Waals surface area contributed by atoms with Crippen molar-refractivity contribution >= 4 is 18.1 Å². The van der Waals surface area contributed by atoms with Crippen LogP contribution in [-0.2, 0) is 0 Å². The highest BCUT2D eigenvalue weighted by Crippen LogP contribution is 2.29. The Balaban J connectivity index is 0.00000192. The van der Waals surface area contributed by atoms with Crippen LogP contribution in [0.15, 0.2) is 46.0 Å². The van der Waals surface area contributed by atoms with E-state index in [0.29, 0.717) is 28.9 Å².